The minimum Gasteiger partial charge on any atom is -0.493 e. The Bertz CT molecular complexity index is 568. The monoisotopic (exact) mass is 307 g/mol. The van der Waals surface area contributed by atoms with Gasteiger partial charge in [-0.25, -0.2) is 0 Å². The lowest BCUT2D eigenvalue weighted by atomic mass is 10.0. The molecule has 0 aromatic heterocycles. The van der Waals surface area contributed by atoms with Crippen LogP contribution < -0.4 is 9.47 Å². The summed E-state index contributed by atoms with van der Waals surface area (Å²) in [7, 11) is 3.01. The number of likely N-dealkylation sites (N-methyl/N-ethyl adjacent to an activating group) is 1. The zero-order valence-electron chi connectivity index (χ0n) is 13.1. The lowest BCUT2D eigenvalue weighted by Gasteiger charge is -2.20. The van der Waals surface area contributed by atoms with Gasteiger partial charge in [0, 0.05) is 17.7 Å². The van der Waals surface area contributed by atoms with Crippen LogP contribution in [0.1, 0.15) is 22.8 Å². The Hall–Kier alpha value is -2.50. The molecule has 1 N–H and O–H groups in total. The summed E-state index contributed by atoms with van der Waals surface area (Å²) in [5.74, 6) is -0.449. The van der Waals surface area contributed by atoms with Gasteiger partial charge in [-0.2, -0.15) is 0 Å². The number of benzene rings is 1. The molecule has 0 atom stereocenters. The number of ether oxygens (including phenoxy) is 2. The van der Waals surface area contributed by atoms with Crippen LogP contribution in [-0.2, 0) is 11.2 Å². The summed E-state index contributed by atoms with van der Waals surface area (Å²) in [6, 6.07) is 3.23. The van der Waals surface area contributed by atoms with Crippen LogP contribution in [0.3, 0.4) is 0 Å². The second-order valence-electron chi connectivity index (χ2n) is 4.58. The molecule has 0 radical (unpaired) electrons. The van der Waals surface area contributed by atoms with Gasteiger partial charge >= 0.3 is 5.97 Å². The topological polar surface area (TPSA) is 76.1 Å². The average Bonchev–Trinajstić information content (AvgIpc) is 2.51. The Morgan fingerprint density at radius 1 is 1.32 bits per heavy atom. The molecule has 1 amide bonds. The molecule has 0 heterocycles. The highest BCUT2D eigenvalue weighted by molar-refractivity contribution is 5.96. The van der Waals surface area contributed by atoms with E-state index in [1.807, 2.05) is 0 Å². The van der Waals surface area contributed by atoms with Gasteiger partial charge in [0.2, 0.25) is 0 Å². The maximum atomic E-state index is 12.5. The van der Waals surface area contributed by atoms with E-state index in [1.165, 1.54) is 19.1 Å². The quantitative estimate of drug-likeness (QED) is 0.743. The molecule has 0 fully saturated rings. The number of rotatable bonds is 8. The van der Waals surface area contributed by atoms with Gasteiger partial charge in [-0.15, -0.1) is 6.58 Å². The highest BCUT2D eigenvalue weighted by Crippen LogP contribution is 2.33. The van der Waals surface area contributed by atoms with Crippen LogP contribution in [0, 0.1) is 0 Å². The fraction of sp³-hybridized carbons (Fsp3) is 0.375. The Labute approximate surface area is 129 Å². The van der Waals surface area contributed by atoms with Crippen molar-refractivity contribution in [1.82, 2.24) is 4.90 Å². The molecule has 22 heavy (non-hydrogen) atoms. The van der Waals surface area contributed by atoms with Crippen LogP contribution >= 0.6 is 0 Å². The Kier molecular flexibility index (Phi) is 6.44. The van der Waals surface area contributed by atoms with Crippen LogP contribution in [0.5, 0.6) is 11.5 Å². The van der Waals surface area contributed by atoms with Crippen molar-refractivity contribution in [1.29, 1.82) is 0 Å². The first-order valence-electron chi connectivity index (χ1n) is 6.85. The first kappa shape index (κ1) is 17.6. The standard InChI is InChI=1S/C16H21NO5/c1-5-7-11-8-12(9-13(21-3)15(11)22-4)16(20)17(6-2)10-14(18)19/h5,8-9H,1,6-7,10H2,2-4H3,(H,18,19). The number of aliphatic carboxylic acids is 1. The van der Waals surface area contributed by atoms with Gasteiger partial charge in [0.15, 0.2) is 11.5 Å². The second-order valence-corrected chi connectivity index (χ2v) is 4.58. The van der Waals surface area contributed by atoms with Crippen molar-refractivity contribution in [2.45, 2.75) is 13.3 Å². The summed E-state index contributed by atoms with van der Waals surface area (Å²) >= 11 is 0. The fourth-order valence-electron chi connectivity index (χ4n) is 2.15. The molecule has 0 aliphatic rings. The highest BCUT2D eigenvalue weighted by atomic mass is 16.5. The number of amides is 1. The Morgan fingerprint density at radius 2 is 2.00 bits per heavy atom. The number of hydrogen-bond acceptors (Lipinski definition) is 4. The van der Waals surface area contributed by atoms with E-state index in [-0.39, 0.29) is 12.5 Å². The van der Waals surface area contributed by atoms with Crippen molar-refractivity contribution in [3.05, 3.63) is 35.9 Å². The van der Waals surface area contributed by atoms with Crippen LogP contribution in [0.4, 0.5) is 0 Å². The van der Waals surface area contributed by atoms with E-state index in [0.717, 1.165) is 5.56 Å². The van der Waals surface area contributed by atoms with Crippen LogP contribution in [-0.4, -0.2) is 49.2 Å². The summed E-state index contributed by atoms with van der Waals surface area (Å²) in [5, 5.41) is 8.88. The molecular weight excluding hydrogens is 286 g/mol. The van der Waals surface area contributed by atoms with E-state index in [1.54, 1.807) is 25.1 Å². The normalized spacial score (nSPS) is 9.95. The van der Waals surface area contributed by atoms with Crippen molar-refractivity contribution in [3.63, 3.8) is 0 Å². The largest absolute Gasteiger partial charge is 0.493 e. The van der Waals surface area contributed by atoms with Gasteiger partial charge in [0.05, 0.1) is 14.2 Å². The fourth-order valence-corrected chi connectivity index (χ4v) is 2.15. The molecule has 0 spiro atoms. The second kappa shape index (κ2) is 8.07. The summed E-state index contributed by atoms with van der Waals surface area (Å²) in [5.41, 5.74) is 1.11. The minimum atomic E-state index is -1.05. The predicted molar refractivity (Wildman–Crippen MR) is 82.7 cm³/mol. The van der Waals surface area contributed by atoms with E-state index in [9.17, 15) is 9.59 Å². The van der Waals surface area contributed by atoms with Crippen LogP contribution in [0.25, 0.3) is 0 Å². The molecule has 0 saturated carbocycles. The smallest absolute Gasteiger partial charge is 0.323 e. The molecule has 0 bridgehead atoms. The number of allylic oxidation sites excluding steroid dienone is 1. The third kappa shape index (κ3) is 4.00. The summed E-state index contributed by atoms with van der Waals surface area (Å²) < 4.78 is 10.6. The number of hydrogen-bond donors (Lipinski definition) is 1. The molecule has 1 rings (SSSR count). The van der Waals surface area contributed by atoms with Gasteiger partial charge in [-0.1, -0.05) is 6.08 Å². The molecule has 0 aliphatic carbocycles. The number of carbonyl (C=O) groups is 2. The molecule has 6 heteroatoms. The van der Waals surface area contributed by atoms with Gasteiger partial charge in [-0.3, -0.25) is 9.59 Å². The van der Waals surface area contributed by atoms with Crippen molar-refractivity contribution < 1.29 is 24.2 Å². The first-order chi connectivity index (χ1) is 10.5. The first-order valence-corrected chi connectivity index (χ1v) is 6.85. The third-order valence-electron chi connectivity index (χ3n) is 3.16. The number of carbonyl (C=O) groups excluding carboxylic acids is 1. The molecule has 0 unspecified atom stereocenters. The zero-order valence-corrected chi connectivity index (χ0v) is 13.1. The van der Waals surface area contributed by atoms with Crippen molar-refractivity contribution in [3.8, 4) is 11.5 Å². The molecule has 120 valence electrons. The lowest BCUT2D eigenvalue weighted by Crippen LogP contribution is -2.35. The molecule has 1 aromatic rings. The summed E-state index contributed by atoms with van der Waals surface area (Å²) in [4.78, 5) is 24.6. The van der Waals surface area contributed by atoms with Gasteiger partial charge in [0.1, 0.15) is 6.54 Å². The Morgan fingerprint density at radius 3 is 2.45 bits per heavy atom. The van der Waals surface area contributed by atoms with Gasteiger partial charge in [-0.05, 0) is 25.5 Å². The molecular formula is C16H21NO5. The van der Waals surface area contributed by atoms with E-state index in [2.05, 4.69) is 6.58 Å². The minimum absolute atomic E-state index is 0.302. The lowest BCUT2D eigenvalue weighted by molar-refractivity contribution is -0.137. The molecule has 1 aromatic carbocycles. The van der Waals surface area contributed by atoms with Crippen LogP contribution in [0.15, 0.2) is 24.8 Å². The van der Waals surface area contributed by atoms with Crippen molar-refractivity contribution >= 4 is 11.9 Å². The average molecular weight is 307 g/mol. The van der Waals surface area contributed by atoms with Crippen LogP contribution in [0.2, 0.25) is 0 Å². The molecule has 0 saturated heterocycles. The maximum Gasteiger partial charge on any atom is 0.323 e. The number of nitrogens with zero attached hydrogens (tertiary/aromatic N) is 1. The number of carboxylic acid groups (broad SMARTS) is 1. The Balaban J connectivity index is 3.28. The number of methoxy groups -OCH3 is 2. The molecule has 6 nitrogen and oxygen atoms in total. The van der Waals surface area contributed by atoms with Crippen molar-refractivity contribution in [2.24, 2.45) is 0 Å². The summed E-state index contributed by atoms with van der Waals surface area (Å²) in [6.45, 7) is 5.37. The predicted octanol–water partition coefficient (Wildman–Crippen LogP) is 1.98. The van der Waals surface area contributed by atoms with E-state index >= 15 is 0 Å². The summed E-state index contributed by atoms with van der Waals surface area (Å²) in [6.07, 6.45) is 2.20. The van der Waals surface area contributed by atoms with Gasteiger partial charge < -0.3 is 19.5 Å². The maximum absolute atomic E-state index is 12.5. The van der Waals surface area contributed by atoms with Crippen molar-refractivity contribution in [2.75, 3.05) is 27.3 Å². The van der Waals surface area contributed by atoms with E-state index in [4.69, 9.17) is 14.6 Å². The highest BCUT2D eigenvalue weighted by Gasteiger charge is 2.20. The third-order valence-corrected chi connectivity index (χ3v) is 3.16. The van der Waals surface area contributed by atoms with Gasteiger partial charge in [0.25, 0.3) is 5.91 Å². The SMILES string of the molecule is C=CCc1cc(C(=O)N(CC)CC(=O)O)cc(OC)c1OC. The molecule has 0 aliphatic heterocycles. The number of carboxylic acids is 1. The van der Waals surface area contributed by atoms with E-state index in [0.29, 0.717) is 30.0 Å². The van der Waals surface area contributed by atoms with E-state index < -0.39 is 5.97 Å². The zero-order chi connectivity index (χ0) is 16.7.